The van der Waals surface area contributed by atoms with E-state index in [-0.39, 0.29) is 24.2 Å². The first kappa shape index (κ1) is 23.6. The highest BCUT2D eigenvalue weighted by atomic mass is 35.5. The van der Waals surface area contributed by atoms with Gasteiger partial charge in [-0.05, 0) is 65.7 Å². The lowest BCUT2D eigenvalue weighted by Crippen LogP contribution is -2.30. The van der Waals surface area contributed by atoms with Crippen LogP contribution in [0.25, 0.3) is 11.1 Å². The third kappa shape index (κ3) is 7.24. The monoisotopic (exact) mass is 445 g/mol. The molecule has 0 saturated carbocycles. The number of aliphatic carboxylic acids is 1. The van der Waals surface area contributed by atoms with E-state index in [9.17, 15) is 18.0 Å². The summed E-state index contributed by atoms with van der Waals surface area (Å²) in [5.74, 6) is -2.00. The topological polar surface area (TPSA) is 63.3 Å². The molecule has 0 spiro atoms. The summed E-state index contributed by atoms with van der Waals surface area (Å²) >= 11 is 7.35. The minimum atomic E-state index is -4.35. The van der Waals surface area contributed by atoms with Crippen LogP contribution in [0, 0.1) is 6.92 Å². The van der Waals surface area contributed by atoms with Gasteiger partial charge >= 0.3 is 12.1 Å². The van der Waals surface area contributed by atoms with Gasteiger partial charge in [0.25, 0.3) is 0 Å². The fraction of sp³-hybridized carbons (Fsp3) is 0.381. The Morgan fingerprint density at radius 2 is 1.72 bits per heavy atom. The summed E-state index contributed by atoms with van der Waals surface area (Å²) < 4.78 is 40.7. The van der Waals surface area contributed by atoms with Crippen LogP contribution in [-0.4, -0.2) is 34.8 Å². The molecule has 0 aliphatic rings. The minimum absolute atomic E-state index is 0.0773. The number of benzene rings is 2. The first-order valence-corrected chi connectivity index (χ1v) is 10.6. The predicted molar refractivity (Wildman–Crippen MR) is 113 cm³/mol. The number of halogens is 4. The van der Waals surface area contributed by atoms with E-state index in [1.165, 1.54) is 23.9 Å². The Bertz CT molecular complexity index is 807. The van der Waals surface area contributed by atoms with Gasteiger partial charge in [-0.2, -0.15) is 24.9 Å². The average Bonchev–Trinajstić information content (AvgIpc) is 2.62. The summed E-state index contributed by atoms with van der Waals surface area (Å²) in [4.78, 5) is 10.7. The molecule has 0 aliphatic carbocycles. The van der Waals surface area contributed by atoms with Gasteiger partial charge in [-0.1, -0.05) is 41.9 Å². The van der Waals surface area contributed by atoms with Gasteiger partial charge in [0, 0.05) is 5.02 Å². The van der Waals surface area contributed by atoms with E-state index in [0.717, 1.165) is 16.7 Å². The summed E-state index contributed by atoms with van der Waals surface area (Å²) in [5.41, 5.74) is 8.25. The summed E-state index contributed by atoms with van der Waals surface area (Å²) in [7, 11) is 0. The molecule has 0 amide bonds. The smallest absolute Gasteiger partial charge is 0.395 e. The number of hydrogen-bond donors (Lipinski definition) is 2. The van der Waals surface area contributed by atoms with Crippen LogP contribution in [-0.2, 0) is 4.79 Å². The zero-order valence-electron chi connectivity index (χ0n) is 15.9. The van der Waals surface area contributed by atoms with E-state index in [0.29, 0.717) is 10.8 Å². The second-order valence-corrected chi connectivity index (χ2v) is 8.53. The molecule has 2 unspecified atom stereocenters. The van der Waals surface area contributed by atoms with E-state index >= 15 is 0 Å². The third-order valence-electron chi connectivity index (χ3n) is 4.52. The number of hydrogen-bond acceptors (Lipinski definition) is 3. The van der Waals surface area contributed by atoms with Gasteiger partial charge in [-0.15, -0.1) is 0 Å². The number of aryl methyl sites for hydroxylation is 1. The van der Waals surface area contributed by atoms with Crippen molar-refractivity contribution >= 4 is 29.3 Å². The van der Waals surface area contributed by atoms with E-state index in [2.05, 4.69) is 0 Å². The quantitative estimate of drug-likeness (QED) is 0.472. The lowest BCUT2D eigenvalue weighted by molar-refractivity contribution is -0.150. The molecular weight excluding hydrogens is 423 g/mol. The van der Waals surface area contributed by atoms with E-state index in [1.807, 2.05) is 19.1 Å². The molecule has 0 fully saturated rings. The Balaban J connectivity index is 2.04. The van der Waals surface area contributed by atoms with Crippen molar-refractivity contribution < 1.29 is 23.1 Å². The van der Waals surface area contributed by atoms with E-state index < -0.39 is 24.1 Å². The number of carboxylic acid groups (broad SMARTS) is 1. The Morgan fingerprint density at radius 1 is 1.10 bits per heavy atom. The average molecular weight is 446 g/mol. The molecule has 3 nitrogen and oxygen atoms in total. The number of carboxylic acids is 1. The largest absolute Gasteiger partial charge is 0.480 e. The van der Waals surface area contributed by atoms with Gasteiger partial charge < -0.3 is 10.8 Å². The summed E-state index contributed by atoms with van der Waals surface area (Å²) in [6.07, 6.45) is -4.21. The highest BCUT2D eigenvalue weighted by Gasteiger charge is 2.40. The molecule has 2 atom stereocenters. The van der Waals surface area contributed by atoms with Gasteiger partial charge in [0.05, 0.1) is 5.92 Å². The summed E-state index contributed by atoms with van der Waals surface area (Å²) in [5, 5.41) is 9.31. The van der Waals surface area contributed by atoms with Crippen molar-refractivity contribution in [3.63, 3.8) is 0 Å². The van der Waals surface area contributed by atoms with E-state index in [1.54, 1.807) is 18.2 Å². The molecule has 158 valence electrons. The molecule has 2 aromatic carbocycles. The molecule has 0 aliphatic heterocycles. The highest BCUT2D eigenvalue weighted by Crippen LogP contribution is 2.39. The molecule has 0 heterocycles. The molecule has 2 aromatic rings. The van der Waals surface area contributed by atoms with Crippen molar-refractivity contribution in [1.29, 1.82) is 0 Å². The van der Waals surface area contributed by atoms with Crippen LogP contribution in [0.3, 0.4) is 0 Å². The van der Waals surface area contributed by atoms with Crippen LogP contribution in [0.4, 0.5) is 13.2 Å². The van der Waals surface area contributed by atoms with Gasteiger partial charge in [0.1, 0.15) is 6.04 Å². The van der Waals surface area contributed by atoms with Crippen molar-refractivity contribution in [2.24, 2.45) is 5.73 Å². The van der Waals surface area contributed by atoms with Crippen molar-refractivity contribution in [1.82, 2.24) is 0 Å². The van der Waals surface area contributed by atoms with Crippen molar-refractivity contribution in [3.05, 3.63) is 58.6 Å². The maximum absolute atomic E-state index is 13.6. The van der Waals surface area contributed by atoms with Gasteiger partial charge in [0.15, 0.2) is 0 Å². The molecule has 8 heteroatoms. The Labute approximate surface area is 177 Å². The second kappa shape index (κ2) is 10.4. The van der Waals surface area contributed by atoms with Crippen molar-refractivity contribution in [2.45, 2.75) is 37.9 Å². The standard InChI is InChI=1S/C21H23ClF3NO2S/c1-13-10-16(12-17(22)11-13)14-2-4-15(5-3-14)18(21(23,24)25)6-8-29-9-7-19(26)20(27)28/h2-5,10-12,18-19H,6-9,26H2,1H3,(H,27,28). The molecule has 29 heavy (non-hydrogen) atoms. The molecule has 3 N–H and O–H groups in total. The number of thioether (sulfide) groups is 1. The third-order valence-corrected chi connectivity index (χ3v) is 5.79. The normalized spacial score (nSPS) is 13.9. The lowest BCUT2D eigenvalue weighted by atomic mass is 9.93. The van der Waals surface area contributed by atoms with Crippen molar-refractivity contribution in [3.8, 4) is 11.1 Å². The van der Waals surface area contributed by atoms with Crippen molar-refractivity contribution in [2.75, 3.05) is 11.5 Å². The van der Waals surface area contributed by atoms with Crippen LogP contribution < -0.4 is 5.73 Å². The highest BCUT2D eigenvalue weighted by molar-refractivity contribution is 7.99. The second-order valence-electron chi connectivity index (χ2n) is 6.87. The molecular formula is C21H23ClF3NO2S. The maximum Gasteiger partial charge on any atom is 0.395 e. The zero-order chi connectivity index (χ0) is 21.6. The number of carbonyl (C=O) groups is 1. The van der Waals surface area contributed by atoms with Crippen LogP contribution in [0.5, 0.6) is 0 Å². The number of alkyl halides is 3. The molecule has 0 aromatic heterocycles. The van der Waals surface area contributed by atoms with Crippen LogP contribution in [0.15, 0.2) is 42.5 Å². The van der Waals surface area contributed by atoms with Gasteiger partial charge in [0.2, 0.25) is 0 Å². The first-order chi connectivity index (χ1) is 13.6. The minimum Gasteiger partial charge on any atom is -0.480 e. The Hall–Kier alpha value is -1.70. The zero-order valence-corrected chi connectivity index (χ0v) is 17.4. The van der Waals surface area contributed by atoms with Crippen LogP contribution in [0.2, 0.25) is 5.02 Å². The summed E-state index contributed by atoms with van der Waals surface area (Å²) in [6, 6.07) is 10.9. The lowest BCUT2D eigenvalue weighted by Gasteiger charge is -2.21. The van der Waals surface area contributed by atoms with Gasteiger partial charge in [-0.25, -0.2) is 0 Å². The van der Waals surface area contributed by atoms with E-state index in [4.69, 9.17) is 22.4 Å². The molecule has 0 saturated heterocycles. The van der Waals surface area contributed by atoms with Gasteiger partial charge in [-0.3, -0.25) is 4.79 Å². The molecule has 0 radical (unpaired) electrons. The Morgan fingerprint density at radius 3 is 2.28 bits per heavy atom. The Kier molecular flexibility index (Phi) is 8.43. The SMILES string of the molecule is Cc1cc(Cl)cc(-c2ccc(C(CCSCCC(N)C(=O)O)C(F)(F)F)cc2)c1. The summed E-state index contributed by atoms with van der Waals surface area (Å²) in [6.45, 7) is 1.91. The maximum atomic E-state index is 13.6. The number of rotatable bonds is 9. The van der Waals surface area contributed by atoms with Crippen LogP contribution in [0.1, 0.15) is 29.9 Å². The number of nitrogens with two attached hydrogens (primary N) is 1. The molecule has 2 rings (SSSR count). The molecule has 0 bridgehead atoms. The fourth-order valence-corrected chi connectivity index (χ4v) is 4.28. The first-order valence-electron chi connectivity index (χ1n) is 9.08. The fourth-order valence-electron chi connectivity index (χ4n) is 2.97. The predicted octanol–water partition coefficient (Wildman–Crippen LogP) is 5.89. The van der Waals surface area contributed by atoms with Crippen LogP contribution >= 0.6 is 23.4 Å².